The van der Waals surface area contributed by atoms with Gasteiger partial charge in [-0.3, -0.25) is 4.79 Å². The van der Waals surface area contributed by atoms with Crippen LogP contribution in [0.5, 0.6) is 0 Å². The van der Waals surface area contributed by atoms with Crippen LogP contribution in [0.3, 0.4) is 0 Å². The maximum atomic E-state index is 12.1. The molecule has 3 nitrogen and oxygen atoms in total. The van der Waals surface area contributed by atoms with E-state index in [1.54, 1.807) is 12.3 Å². The Hall–Kier alpha value is -2.03. The Morgan fingerprint density at radius 1 is 1.21 bits per heavy atom. The Morgan fingerprint density at radius 3 is 2.53 bits per heavy atom. The van der Waals surface area contributed by atoms with Gasteiger partial charge in [-0.2, -0.15) is 10.2 Å². The summed E-state index contributed by atoms with van der Waals surface area (Å²) < 4.78 is 0. The molecule has 0 aliphatic rings. The van der Waals surface area contributed by atoms with Gasteiger partial charge in [-0.15, -0.1) is 0 Å². The van der Waals surface area contributed by atoms with E-state index >= 15 is 0 Å². The van der Waals surface area contributed by atoms with Crippen molar-refractivity contribution in [2.75, 3.05) is 0 Å². The zero-order valence-electron chi connectivity index (χ0n) is 11.3. The van der Waals surface area contributed by atoms with Gasteiger partial charge >= 0.3 is 0 Å². The minimum atomic E-state index is 0.0798. The van der Waals surface area contributed by atoms with Crippen LogP contribution in [0, 0.1) is 0 Å². The van der Waals surface area contributed by atoms with Gasteiger partial charge in [0, 0.05) is 11.8 Å². The van der Waals surface area contributed by atoms with Crippen molar-refractivity contribution in [3.8, 4) is 0 Å². The van der Waals surface area contributed by atoms with E-state index < -0.39 is 0 Å². The third-order valence-corrected chi connectivity index (χ3v) is 3.38. The van der Waals surface area contributed by atoms with Crippen LogP contribution in [0.15, 0.2) is 42.6 Å². The number of aromatic nitrogens is 2. The molecule has 0 amide bonds. The van der Waals surface area contributed by atoms with Gasteiger partial charge in [-0.1, -0.05) is 38.1 Å². The van der Waals surface area contributed by atoms with E-state index in [1.165, 1.54) is 5.56 Å². The molecule has 3 heteroatoms. The highest BCUT2D eigenvalue weighted by Crippen LogP contribution is 2.19. The van der Waals surface area contributed by atoms with Crippen LogP contribution in [0.4, 0.5) is 0 Å². The Morgan fingerprint density at radius 2 is 1.95 bits per heavy atom. The summed E-state index contributed by atoms with van der Waals surface area (Å²) in [6.45, 7) is 4.36. The highest BCUT2D eigenvalue weighted by Gasteiger charge is 2.09. The van der Waals surface area contributed by atoms with Crippen molar-refractivity contribution in [3.05, 3.63) is 59.4 Å². The summed E-state index contributed by atoms with van der Waals surface area (Å²) in [7, 11) is 0. The van der Waals surface area contributed by atoms with Crippen molar-refractivity contribution in [2.45, 2.75) is 32.6 Å². The maximum absolute atomic E-state index is 12.1. The first kappa shape index (κ1) is 13.4. The average molecular weight is 254 g/mol. The predicted molar refractivity (Wildman–Crippen MR) is 75.2 cm³/mol. The molecule has 98 valence electrons. The lowest BCUT2D eigenvalue weighted by atomic mass is 9.96. The number of carbonyl (C=O) groups excluding carboxylic acids is 1. The molecule has 0 aliphatic carbocycles. The number of hydrogen-bond donors (Lipinski definition) is 0. The topological polar surface area (TPSA) is 42.9 Å². The Bertz CT molecular complexity index is 534. The number of nitrogens with zero attached hydrogens (tertiary/aromatic N) is 2. The van der Waals surface area contributed by atoms with Crippen molar-refractivity contribution in [1.29, 1.82) is 0 Å². The van der Waals surface area contributed by atoms with Gasteiger partial charge in [0.25, 0.3) is 0 Å². The average Bonchev–Trinajstić information content (AvgIpc) is 2.47. The molecule has 1 unspecified atom stereocenters. The Kier molecular flexibility index (Phi) is 4.39. The first-order valence-electron chi connectivity index (χ1n) is 6.60. The van der Waals surface area contributed by atoms with Crippen LogP contribution >= 0.6 is 0 Å². The molecule has 2 rings (SSSR count). The number of ketones is 1. The van der Waals surface area contributed by atoms with E-state index in [2.05, 4.69) is 24.0 Å². The van der Waals surface area contributed by atoms with E-state index in [-0.39, 0.29) is 5.78 Å². The molecule has 0 N–H and O–H groups in total. The second-order valence-electron chi connectivity index (χ2n) is 4.75. The second-order valence-corrected chi connectivity index (χ2v) is 4.75. The zero-order valence-corrected chi connectivity index (χ0v) is 11.3. The molecule has 19 heavy (non-hydrogen) atoms. The highest BCUT2D eigenvalue weighted by molar-refractivity contribution is 5.97. The smallest absolute Gasteiger partial charge is 0.168 e. The fourth-order valence-electron chi connectivity index (χ4n) is 1.93. The molecule has 1 atom stereocenters. The van der Waals surface area contributed by atoms with E-state index in [4.69, 9.17) is 0 Å². The summed E-state index contributed by atoms with van der Waals surface area (Å²) in [6.07, 6.45) is 3.01. The van der Waals surface area contributed by atoms with Crippen LogP contribution in [-0.4, -0.2) is 16.0 Å². The number of rotatable bonds is 5. The van der Waals surface area contributed by atoms with Crippen LogP contribution in [0.1, 0.15) is 47.8 Å². The van der Waals surface area contributed by atoms with Crippen molar-refractivity contribution >= 4 is 5.78 Å². The Labute approximate surface area is 113 Å². The fourth-order valence-corrected chi connectivity index (χ4v) is 1.93. The fraction of sp³-hybridized carbons (Fsp3) is 0.312. The summed E-state index contributed by atoms with van der Waals surface area (Å²) in [5, 5.41) is 7.71. The molecule has 1 aromatic heterocycles. The summed E-state index contributed by atoms with van der Waals surface area (Å²) in [4.78, 5) is 12.1. The van der Waals surface area contributed by atoms with Crippen molar-refractivity contribution in [2.24, 2.45) is 0 Å². The molecule has 0 saturated heterocycles. The van der Waals surface area contributed by atoms with Gasteiger partial charge in [0.05, 0.1) is 12.1 Å². The lowest BCUT2D eigenvalue weighted by Gasteiger charge is -2.09. The molecule has 0 saturated carbocycles. The number of hydrogen-bond acceptors (Lipinski definition) is 3. The summed E-state index contributed by atoms with van der Waals surface area (Å²) >= 11 is 0. The van der Waals surface area contributed by atoms with Gasteiger partial charge in [-0.05, 0) is 30.0 Å². The normalized spacial score (nSPS) is 12.1. The minimum absolute atomic E-state index is 0.0798. The first-order chi connectivity index (χ1) is 9.20. The number of carbonyl (C=O) groups is 1. The van der Waals surface area contributed by atoms with E-state index in [1.807, 2.05) is 30.3 Å². The number of Topliss-reactive ketones (excluding diaryl/α,β-unsaturated/α-hetero) is 1. The van der Waals surface area contributed by atoms with Gasteiger partial charge < -0.3 is 0 Å². The molecule has 0 radical (unpaired) electrons. The maximum Gasteiger partial charge on any atom is 0.168 e. The second kappa shape index (κ2) is 6.23. The summed E-state index contributed by atoms with van der Waals surface area (Å²) in [5.41, 5.74) is 2.72. The molecular weight excluding hydrogens is 236 g/mol. The summed E-state index contributed by atoms with van der Waals surface area (Å²) in [6, 6.07) is 11.5. The molecule has 1 heterocycles. The molecule has 2 aromatic rings. The number of benzene rings is 1. The van der Waals surface area contributed by atoms with Crippen LogP contribution < -0.4 is 0 Å². The van der Waals surface area contributed by atoms with Gasteiger partial charge in [-0.25, -0.2) is 0 Å². The van der Waals surface area contributed by atoms with Gasteiger partial charge in [0.1, 0.15) is 0 Å². The van der Waals surface area contributed by atoms with Crippen molar-refractivity contribution in [3.63, 3.8) is 0 Å². The van der Waals surface area contributed by atoms with Crippen LogP contribution in [-0.2, 0) is 6.42 Å². The predicted octanol–water partition coefficient (Wildman–Crippen LogP) is 3.42. The van der Waals surface area contributed by atoms with Crippen molar-refractivity contribution < 1.29 is 4.79 Å². The lowest BCUT2D eigenvalue weighted by Crippen LogP contribution is -2.06. The third-order valence-electron chi connectivity index (χ3n) is 3.38. The third kappa shape index (κ3) is 3.47. The standard InChI is InChI=1S/C16H18N2O/c1-3-12(2)13-6-8-14(9-7-13)16(19)11-15-5-4-10-17-18-15/h4-10,12H,3,11H2,1-2H3. The molecular formula is C16H18N2O. The largest absolute Gasteiger partial charge is 0.294 e. The van der Waals surface area contributed by atoms with Crippen molar-refractivity contribution in [1.82, 2.24) is 10.2 Å². The van der Waals surface area contributed by atoms with Crippen LogP contribution in [0.2, 0.25) is 0 Å². The molecule has 0 fully saturated rings. The summed E-state index contributed by atoms with van der Waals surface area (Å²) in [5.74, 6) is 0.611. The minimum Gasteiger partial charge on any atom is -0.294 e. The van der Waals surface area contributed by atoms with Gasteiger partial charge in [0.2, 0.25) is 0 Å². The van der Waals surface area contributed by atoms with E-state index in [0.29, 0.717) is 18.0 Å². The molecule has 1 aromatic carbocycles. The molecule has 0 bridgehead atoms. The monoisotopic (exact) mass is 254 g/mol. The first-order valence-corrected chi connectivity index (χ1v) is 6.60. The van der Waals surface area contributed by atoms with Crippen LogP contribution in [0.25, 0.3) is 0 Å². The SMILES string of the molecule is CCC(C)c1ccc(C(=O)Cc2cccnn2)cc1. The molecule has 0 spiro atoms. The van der Waals surface area contributed by atoms with E-state index in [9.17, 15) is 4.79 Å². The zero-order chi connectivity index (χ0) is 13.7. The highest BCUT2D eigenvalue weighted by atomic mass is 16.1. The lowest BCUT2D eigenvalue weighted by molar-refractivity contribution is 0.0991. The molecule has 0 aliphatic heterocycles. The van der Waals surface area contributed by atoms with Gasteiger partial charge in [0.15, 0.2) is 5.78 Å². The van der Waals surface area contributed by atoms with E-state index in [0.717, 1.165) is 12.0 Å². The Balaban J connectivity index is 2.08. The quantitative estimate of drug-likeness (QED) is 0.768.